The number of aryl methyl sites for hydroxylation is 1. The minimum Gasteiger partial charge on any atom is -0.353 e. The lowest BCUT2D eigenvalue weighted by Gasteiger charge is -2.35. The highest BCUT2D eigenvalue weighted by atomic mass is 32.2. The van der Waals surface area contributed by atoms with E-state index >= 15 is 0 Å². The molecule has 7 nitrogen and oxygen atoms in total. The average molecular weight is 369 g/mol. The number of carbonyl (C=O) groups is 1. The van der Waals surface area contributed by atoms with E-state index in [9.17, 15) is 9.59 Å². The summed E-state index contributed by atoms with van der Waals surface area (Å²) in [4.78, 5) is 37.9. The monoisotopic (exact) mass is 369 g/mol. The van der Waals surface area contributed by atoms with Crippen molar-refractivity contribution in [3.8, 4) is 0 Å². The largest absolute Gasteiger partial charge is 0.353 e. The molecule has 0 radical (unpaired) electrons. The summed E-state index contributed by atoms with van der Waals surface area (Å²) in [5.74, 6) is 0.561. The highest BCUT2D eigenvalue weighted by Gasteiger charge is 2.32. The van der Waals surface area contributed by atoms with Crippen LogP contribution in [-0.4, -0.2) is 37.6 Å². The summed E-state index contributed by atoms with van der Waals surface area (Å²) in [6.45, 7) is 2.04. The maximum Gasteiger partial charge on any atom is 0.250 e. The Bertz CT molecular complexity index is 1010. The molecule has 1 saturated carbocycles. The number of imidazole rings is 1. The molecule has 2 heterocycles. The summed E-state index contributed by atoms with van der Waals surface area (Å²) in [5, 5.41) is 3.78. The van der Waals surface area contributed by atoms with Gasteiger partial charge in [0.05, 0.1) is 28.8 Å². The molecule has 1 aliphatic rings. The summed E-state index contributed by atoms with van der Waals surface area (Å²) >= 11 is 1.40. The number of thioether (sulfide) groups is 1. The van der Waals surface area contributed by atoms with Crippen molar-refractivity contribution < 1.29 is 4.79 Å². The lowest BCUT2D eigenvalue weighted by molar-refractivity contribution is -0.119. The van der Waals surface area contributed by atoms with Gasteiger partial charge >= 0.3 is 0 Å². The molecule has 4 rings (SSSR count). The standard InChI is InChI=1S/C18H19N5O2S/c1-10-2-3-13-15(4-10)23-18(22-13)26-8-17(25)21-12-5-11(6-12)14-7-16(24)20-9-19-14/h2-4,7,9,11-12H,5-6,8H2,1H3,(H,21,25)(H,22,23)(H,19,20,24). The van der Waals surface area contributed by atoms with Crippen molar-refractivity contribution in [1.82, 2.24) is 25.3 Å². The molecule has 0 spiro atoms. The number of carbonyl (C=O) groups excluding carboxylic acids is 1. The SMILES string of the molecule is Cc1ccc2nc(SCC(=O)NC3CC(c4cc(=O)[nH]cn4)C3)[nH]c2c1. The van der Waals surface area contributed by atoms with E-state index in [0.717, 1.165) is 34.7 Å². The van der Waals surface area contributed by atoms with Crippen molar-refractivity contribution in [3.05, 3.63) is 52.2 Å². The molecule has 0 aliphatic heterocycles. The number of fused-ring (bicyclic) bond motifs is 1. The van der Waals surface area contributed by atoms with Crippen molar-refractivity contribution in [2.45, 2.75) is 36.9 Å². The number of aromatic amines is 2. The first-order valence-corrected chi connectivity index (χ1v) is 9.48. The summed E-state index contributed by atoms with van der Waals surface area (Å²) in [6.07, 6.45) is 3.06. The van der Waals surface area contributed by atoms with Crippen LogP contribution in [0.2, 0.25) is 0 Å². The Morgan fingerprint density at radius 2 is 2.19 bits per heavy atom. The van der Waals surface area contributed by atoms with E-state index in [1.165, 1.54) is 29.7 Å². The number of H-pyrrole nitrogens is 2. The molecule has 8 heteroatoms. The number of hydrogen-bond acceptors (Lipinski definition) is 5. The minimum atomic E-state index is -0.139. The topological polar surface area (TPSA) is 104 Å². The normalized spacial score (nSPS) is 19.3. The van der Waals surface area contributed by atoms with E-state index in [1.54, 1.807) is 0 Å². The van der Waals surface area contributed by atoms with Crippen molar-refractivity contribution in [3.63, 3.8) is 0 Å². The van der Waals surface area contributed by atoms with Gasteiger partial charge in [-0.2, -0.15) is 0 Å². The fraction of sp³-hybridized carbons (Fsp3) is 0.333. The second kappa shape index (κ2) is 6.95. The second-order valence-electron chi connectivity index (χ2n) is 6.62. The van der Waals surface area contributed by atoms with Gasteiger partial charge in [-0.1, -0.05) is 17.8 Å². The van der Waals surface area contributed by atoms with Gasteiger partial charge in [0.1, 0.15) is 0 Å². The van der Waals surface area contributed by atoms with Crippen molar-refractivity contribution in [1.29, 1.82) is 0 Å². The van der Waals surface area contributed by atoms with E-state index in [-0.39, 0.29) is 23.4 Å². The number of aromatic nitrogens is 4. The maximum absolute atomic E-state index is 12.1. The van der Waals surface area contributed by atoms with Crippen LogP contribution in [0.5, 0.6) is 0 Å². The van der Waals surface area contributed by atoms with Crippen LogP contribution in [0.25, 0.3) is 11.0 Å². The molecule has 1 aliphatic carbocycles. The number of nitrogens with zero attached hydrogens (tertiary/aromatic N) is 2. The smallest absolute Gasteiger partial charge is 0.250 e. The Morgan fingerprint density at radius 1 is 1.35 bits per heavy atom. The van der Waals surface area contributed by atoms with Gasteiger partial charge in [-0.25, -0.2) is 9.97 Å². The molecule has 1 amide bonds. The first-order valence-electron chi connectivity index (χ1n) is 8.50. The molecule has 3 aromatic rings. The maximum atomic E-state index is 12.1. The Balaban J connectivity index is 1.26. The molecule has 3 N–H and O–H groups in total. The molecule has 0 saturated heterocycles. The molecular weight excluding hydrogens is 350 g/mol. The molecule has 0 atom stereocenters. The van der Waals surface area contributed by atoms with E-state index < -0.39 is 0 Å². The fourth-order valence-electron chi connectivity index (χ4n) is 3.16. The third-order valence-electron chi connectivity index (χ3n) is 4.58. The van der Waals surface area contributed by atoms with E-state index in [2.05, 4.69) is 25.3 Å². The van der Waals surface area contributed by atoms with E-state index in [1.807, 2.05) is 25.1 Å². The Hall–Kier alpha value is -2.61. The predicted octanol–water partition coefficient (Wildman–Crippen LogP) is 2.11. The number of nitrogens with one attached hydrogen (secondary N) is 3. The lowest BCUT2D eigenvalue weighted by Crippen LogP contribution is -2.44. The second-order valence-corrected chi connectivity index (χ2v) is 7.58. The highest BCUT2D eigenvalue weighted by Crippen LogP contribution is 2.35. The molecule has 2 aromatic heterocycles. The van der Waals surface area contributed by atoms with Crippen LogP contribution in [0.1, 0.15) is 30.0 Å². The van der Waals surface area contributed by atoms with E-state index in [0.29, 0.717) is 5.75 Å². The van der Waals surface area contributed by atoms with Gasteiger partial charge in [0, 0.05) is 18.0 Å². The molecule has 1 fully saturated rings. The molecule has 1 aromatic carbocycles. The number of benzene rings is 1. The van der Waals surface area contributed by atoms with Crippen LogP contribution in [0, 0.1) is 6.92 Å². The number of rotatable bonds is 5. The van der Waals surface area contributed by atoms with Gasteiger partial charge in [-0.15, -0.1) is 0 Å². The van der Waals surface area contributed by atoms with Gasteiger partial charge < -0.3 is 15.3 Å². The van der Waals surface area contributed by atoms with E-state index in [4.69, 9.17) is 0 Å². The minimum absolute atomic E-state index is 0.00560. The number of amides is 1. The summed E-state index contributed by atoms with van der Waals surface area (Å²) < 4.78 is 0. The van der Waals surface area contributed by atoms with Crippen molar-refractivity contribution in [2.75, 3.05) is 5.75 Å². The van der Waals surface area contributed by atoms with Crippen LogP contribution in [0.3, 0.4) is 0 Å². The summed E-state index contributed by atoms with van der Waals surface area (Å²) in [6, 6.07) is 7.72. The van der Waals surface area contributed by atoms with Gasteiger partial charge in [0.25, 0.3) is 5.56 Å². The quantitative estimate of drug-likeness (QED) is 0.598. The Morgan fingerprint density at radius 3 is 3.00 bits per heavy atom. The molecule has 134 valence electrons. The van der Waals surface area contributed by atoms with Crippen LogP contribution in [0.4, 0.5) is 0 Å². The third-order valence-corrected chi connectivity index (χ3v) is 5.45. The van der Waals surface area contributed by atoms with Gasteiger partial charge in [-0.3, -0.25) is 9.59 Å². The fourth-order valence-corrected chi connectivity index (χ4v) is 3.85. The zero-order chi connectivity index (χ0) is 18.1. The Labute approximate surface area is 154 Å². The molecule has 0 bridgehead atoms. The molecule has 26 heavy (non-hydrogen) atoms. The molecule has 0 unspecified atom stereocenters. The van der Waals surface area contributed by atoms with Crippen LogP contribution in [-0.2, 0) is 4.79 Å². The third kappa shape index (κ3) is 3.65. The zero-order valence-electron chi connectivity index (χ0n) is 14.3. The van der Waals surface area contributed by atoms with Crippen LogP contribution >= 0.6 is 11.8 Å². The lowest BCUT2D eigenvalue weighted by atomic mass is 9.78. The zero-order valence-corrected chi connectivity index (χ0v) is 15.1. The average Bonchev–Trinajstić information content (AvgIpc) is 2.98. The van der Waals surface area contributed by atoms with Crippen LogP contribution in [0.15, 0.2) is 40.5 Å². The van der Waals surface area contributed by atoms with Crippen molar-refractivity contribution in [2.24, 2.45) is 0 Å². The first kappa shape index (κ1) is 16.8. The van der Waals surface area contributed by atoms with Gasteiger partial charge in [-0.05, 0) is 37.5 Å². The first-order chi connectivity index (χ1) is 12.6. The Kier molecular flexibility index (Phi) is 4.50. The number of hydrogen-bond donors (Lipinski definition) is 3. The van der Waals surface area contributed by atoms with Gasteiger partial charge in [0.15, 0.2) is 5.16 Å². The summed E-state index contributed by atoms with van der Waals surface area (Å²) in [7, 11) is 0. The predicted molar refractivity (Wildman–Crippen MR) is 100 cm³/mol. The van der Waals surface area contributed by atoms with Gasteiger partial charge in [0.2, 0.25) is 5.91 Å². The molecular formula is C18H19N5O2S. The van der Waals surface area contributed by atoms with Crippen molar-refractivity contribution >= 4 is 28.7 Å². The summed E-state index contributed by atoms with van der Waals surface area (Å²) in [5.41, 5.74) is 3.72. The highest BCUT2D eigenvalue weighted by molar-refractivity contribution is 7.99. The van der Waals surface area contributed by atoms with Crippen LogP contribution < -0.4 is 10.9 Å².